The molecule has 1 rings (SSSR count). The van der Waals surface area contributed by atoms with E-state index in [1.54, 1.807) is 6.07 Å². The second kappa shape index (κ2) is 2.78. The maximum atomic E-state index is 10.8. The molecule has 0 radical (unpaired) electrons. The van der Waals surface area contributed by atoms with Gasteiger partial charge in [-0.1, -0.05) is 6.92 Å². The fraction of sp³-hybridized carbons (Fsp3) is 0.375. The first kappa shape index (κ1) is 7.85. The SMILES string of the molecule is CCc1c(C(N)=O)ccn1C. The quantitative estimate of drug-likeness (QED) is 0.665. The van der Waals surface area contributed by atoms with Gasteiger partial charge in [-0.05, 0) is 12.5 Å². The van der Waals surface area contributed by atoms with Crippen molar-refractivity contribution < 1.29 is 4.79 Å². The molecule has 0 spiro atoms. The van der Waals surface area contributed by atoms with Gasteiger partial charge in [-0.3, -0.25) is 4.79 Å². The van der Waals surface area contributed by atoms with E-state index in [4.69, 9.17) is 5.73 Å². The molecule has 1 aromatic heterocycles. The van der Waals surface area contributed by atoms with Crippen LogP contribution in [0.15, 0.2) is 12.3 Å². The summed E-state index contributed by atoms with van der Waals surface area (Å²) in [5.74, 6) is -0.345. The van der Waals surface area contributed by atoms with Crippen LogP contribution in [0.1, 0.15) is 23.0 Å². The molecule has 0 aliphatic rings. The summed E-state index contributed by atoms with van der Waals surface area (Å²) < 4.78 is 1.92. The van der Waals surface area contributed by atoms with Crippen LogP contribution in [0.4, 0.5) is 0 Å². The topological polar surface area (TPSA) is 48.0 Å². The van der Waals surface area contributed by atoms with Crippen LogP contribution in [0, 0.1) is 0 Å². The van der Waals surface area contributed by atoms with Gasteiger partial charge in [0.05, 0.1) is 5.56 Å². The van der Waals surface area contributed by atoms with Gasteiger partial charge in [0.2, 0.25) is 0 Å². The van der Waals surface area contributed by atoms with Crippen molar-refractivity contribution in [2.75, 3.05) is 0 Å². The van der Waals surface area contributed by atoms with Crippen LogP contribution >= 0.6 is 0 Å². The zero-order chi connectivity index (χ0) is 8.43. The van der Waals surface area contributed by atoms with Gasteiger partial charge in [0.25, 0.3) is 5.91 Å². The van der Waals surface area contributed by atoms with Crippen LogP contribution < -0.4 is 5.73 Å². The van der Waals surface area contributed by atoms with Crippen LogP contribution in [-0.2, 0) is 13.5 Å². The lowest BCUT2D eigenvalue weighted by atomic mass is 10.2. The van der Waals surface area contributed by atoms with E-state index in [0.29, 0.717) is 5.56 Å². The number of nitrogens with zero attached hydrogens (tertiary/aromatic N) is 1. The first-order chi connectivity index (χ1) is 5.16. The van der Waals surface area contributed by atoms with Crippen LogP contribution in [0.2, 0.25) is 0 Å². The maximum Gasteiger partial charge on any atom is 0.250 e. The minimum Gasteiger partial charge on any atom is -0.366 e. The number of nitrogens with two attached hydrogens (primary N) is 1. The number of hydrogen-bond donors (Lipinski definition) is 1. The standard InChI is InChI=1S/C8H12N2O/c1-3-7-6(8(9)11)4-5-10(7)2/h4-5H,3H2,1-2H3,(H2,9,11). The number of aryl methyl sites for hydroxylation is 1. The lowest BCUT2D eigenvalue weighted by Gasteiger charge is -2.00. The Bertz CT molecular complexity index is 276. The average molecular weight is 152 g/mol. The summed E-state index contributed by atoms with van der Waals surface area (Å²) >= 11 is 0. The van der Waals surface area contributed by atoms with Gasteiger partial charge in [0.1, 0.15) is 0 Å². The van der Waals surface area contributed by atoms with Gasteiger partial charge < -0.3 is 10.3 Å². The van der Waals surface area contributed by atoms with E-state index in [2.05, 4.69) is 0 Å². The molecule has 0 atom stereocenters. The Morgan fingerprint density at radius 1 is 1.73 bits per heavy atom. The van der Waals surface area contributed by atoms with Crippen LogP contribution in [0.25, 0.3) is 0 Å². The molecule has 1 heterocycles. The molecular weight excluding hydrogens is 140 g/mol. The highest BCUT2D eigenvalue weighted by atomic mass is 16.1. The van der Waals surface area contributed by atoms with Gasteiger partial charge in [-0.25, -0.2) is 0 Å². The number of rotatable bonds is 2. The van der Waals surface area contributed by atoms with Crippen molar-refractivity contribution in [1.82, 2.24) is 4.57 Å². The third kappa shape index (κ3) is 1.27. The Morgan fingerprint density at radius 3 is 2.73 bits per heavy atom. The molecule has 1 aromatic rings. The Hall–Kier alpha value is -1.25. The van der Waals surface area contributed by atoms with Gasteiger partial charge in [-0.15, -0.1) is 0 Å². The van der Waals surface area contributed by atoms with E-state index >= 15 is 0 Å². The maximum absolute atomic E-state index is 10.8. The summed E-state index contributed by atoms with van der Waals surface area (Å²) in [6, 6.07) is 1.75. The first-order valence-electron chi connectivity index (χ1n) is 3.60. The van der Waals surface area contributed by atoms with Crippen molar-refractivity contribution in [1.29, 1.82) is 0 Å². The molecule has 11 heavy (non-hydrogen) atoms. The van der Waals surface area contributed by atoms with Gasteiger partial charge in [0.15, 0.2) is 0 Å². The molecule has 0 saturated heterocycles. The number of hydrogen-bond acceptors (Lipinski definition) is 1. The second-order valence-corrected chi connectivity index (χ2v) is 2.50. The third-order valence-corrected chi connectivity index (χ3v) is 1.80. The molecule has 3 heteroatoms. The first-order valence-corrected chi connectivity index (χ1v) is 3.60. The van der Waals surface area contributed by atoms with Gasteiger partial charge in [0, 0.05) is 18.9 Å². The molecule has 60 valence electrons. The van der Waals surface area contributed by atoms with Crippen molar-refractivity contribution >= 4 is 5.91 Å². The minimum absolute atomic E-state index is 0.345. The number of carbonyl (C=O) groups excluding carboxylic acids is 1. The number of aromatic nitrogens is 1. The zero-order valence-electron chi connectivity index (χ0n) is 6.79. The zero-order valence-corrected chi connectivity index (χ0v) is 6.79. The van der Waals surface area contributed by atoms with E-state index in [0.717, 1.165) is 12.1 Å². The number of amides is 1. The highest BCUT2D eigenvalue weighted by Gasteiger charge is 2.08. The van der Waals surface area contributed by atoms with E-state index in [1.807, 2.05) is 24.7 Å². The number of carbonyl (C=O) groups is 1. The van der Waals surface area contributed by atoms with Crippen molar-refractivity contribution in [3.05, 3.63) is 23.5 Å². The molecule has 0 unspecified atom stereocenters. The smallest absolute Gasteiger partial charge is 0.250 e. The monoisotopic (exact) mass is 152 g/mol. The van der Waals surface area contributed by atoms with Crippen LogP contribution in [0.3, 0.4) is 0 Å². The van der Waals surface area contributed by atoms with Crippen molar-refractivity contribution in [3.63, 3.8) is 0 Å². The molecular formula is C8H12N2O. The molecule has 1 amide bonds. The fourth-order valence-corrected chi connectivity index (χ4v) is 1.23. The average Bonchev–Trinajstić information content (AvgIpc) is 2.30. The van der Waals surface area contributed by atoms with E-state index in [-0.39, 0.29) is 5.91 Å². The lowest BCUT2D eigenvalue weighted by molar-refractivity contribution is 0.0999. The molecule has 0 fully saturated rings. The van der Waals surface area contributed by atoms with Crippen molar-refractivity contribution in [2.45, 2.75) is 13.3 Å². The molecule has 2 N–H and O–H groups in total. The summed E-state index contributed by atoms with van der Waals surface area (Å²) in [5.41, 5.74) is 6.78. The molecule has 0 aliphatic heterocycles. The Morgan fingerprint density at radius 2 is 2.36 bits per heavy atom. The van der Waals surface area contributed by atoms with Crippen molar-refractivity contribution in [3.8, 4) is 0 Å². The molecule has 3 nitrogen and oxygen atoms in total. The van der Waals surface area contributed by atoms with Crippen LogP contribution in [-0.4, -0.2) is 10.5 Å². The van der Waals surface area contributed by atoms with E-state index in [9.17, 15) is 4.79 Å². The second-order valence-electron chi connectivity index (χ2n) is 2.50. The fourth-order valence-electron chi connectivity index (χ4n) is 1.23. The highest BCUT2D eigenvalue weighted by Crippen LogP contribution is 2.08. The van der Waals surface area contributed by atoms with Gasteiger partial charge in [-0.2, -0.15) is 0 Å². The van der Waals surface area contributed by atoms with E-state index < -0.39 is 0 Å². The molecule has 0 aliphatic carbocycles. The summed E-state index contributed by atoms with van der Waals surface area (Å²) in [6.07, 6.45) is 2.68. The molecule has 0 saturated carbocycles. The molecule has 0 aromatic carbocycles. The normalized spacial score (nSPS) is 10.0. The minimum atomic E-state index is -0.345. The summed E-state index contributed by atoms with van der Waals surface area (Å²) in [4.78, 5) is 10.8. The predicted octanol–water partition coefficient (Wildman–Crippen LogP) is 0.686. The predicted molar refractivity (Wildman–Crippen MR) is 43.3 cm³/mol. The molecule has 0 bridgehead atoms. The summed E-state index contributed by atoms with van der Waals surface area (Å²) in [6.45, 7) is 2.00. The highest BCUT2D eigenvalue weighted by molar-refractivity contribution is 5.94. The Kier molecular flexibility index (Phi) is 1.98. The van der Waals surface area contributed by atoms with Crippen LogP contribution in [0.5, 0.6) is 0 Å². The third-order valence-electron chi connectivity index (χ3n) is 1.80. The lowest BCUT2D eigenvalue weighted by Crippen LogP contribution is -2.13. The van der Waals surface area contributed by atoms with Gasteiger partial charge >= 0.3 is 0 Å². The van der Waals surface area contributed by atoms with Crippen molar-refractivity contribution in [2.24, 2.45) is 12.8 Å². The summed E-state index contributed by atoms with van der Waals surface area (Å²) in [5, 5.41) is 0. The summed E-state index contributed by atoms with van der Waals surface area (Å²) in [7, 11) is 1.91. The Labute approximate surface area is 65.8 Å². The van der Waals surface area contributed by atoms with E-state index in [1.165, 1.54) is 0 Å². The largest absolute Gasteiger partial charge is 0.366 e. The Balaban J connectivity index is 3.15. The number of primary amides is 1.